The van der Waals surface area contributed by atoms with Gasteiger partial charge in [-0.1, -0.05) is 18.2 Å². The van der Waals surface area contributed by atoms with Gasteiger partial charge in [-0.15, -0.1) is 0 Å². The average Bonchev–Trinajstić information content (AvgIpc) is 2.52. The molecule has 2 aromatic carbocycles. The molecule has 2 aromatic rings. The number of carbonyl (C=O) groups excluding carboxylic acids is 3. The van der Waals surface area contributed by atoms with E-state index in [4.69, 9.17) is 0 Å². The van der Waals surface area contributed by atoms with Crippen LogP contribution >= 0.6 is 0 Å². The second kappa shape index (κ2) is 7.26. The van der Waals surface area contributed by atoms with Gasteiger partial charge in [0, 0.05) is 11.6 Å². The maximum Gasteiger partial charge on any atom is 0.338 e. The van der Waals surface area contributed by atoms with E-state index in [0.717, 1.165) is 12.1 Å². The first-order chi connectivity index (χ1) is 11.0. The topological polar surface area (TPSA) is 72.5 Å². The summed E-state index contributed by atoms with van der Waals surface area (Å²) in [5, 5.41) is 2.02. The standard InChI is InChI=1S/C16H11F2NO4/c17-12-6-11(7-13(18)8-12)16(22)23-9-14(20)19-15(21)10-4-2-1-3-5-10/h1-8H,9H2,(H,19,20,21). The molecule has 2 amide bonds. The summed E-state index contributed by atoms with van der Waals surface area (Å²) >= 11 is 0. The van der Waals surface area contributed by atoms with Crippen LogP contribution < -0.4 is 5.32 Å². The third-order valence-electron chi connectivity index (χ3n) is 2.72. The van der Waals surface area contributed by atoms with Crippen molar-refractivity contribution in [2.75, 3.05) is 6.61 Å². The lowest BCUT2D eigenvalue weighted by molar-refractivity contribution is -0.123. The number of ether oxygens (including phenoxy) is 1. The Morgan fingerprint density at radius 2 is 1.52 bits per heavy atom. The first-order valence-corrected chi connectivity index (χ1v) is 6.48. The van der Waals surface area contributed by atoms with Crippen LogP contribution in [0.25, 0.3) is 0 Å². The van der Waals surface area contributed by atoms with E-state index < -0.39 is 36.0 Å². The molecule has 5 nitrogen and oxygen atoms in total. The zero-order valence-electron chi connectivity index (χ0n) is 11.7. The second-order valence-corrected chi connectivity index (χ2v) is 4.48. The number of rotatable bonds is 4. The lowest BCUT2D eigenvalue weighted by atomic mass is 10.2. The quantitative estimate of drug-likeness (QED) is 0.876. The van der Waals surface area contributed by atoms with Crippen molar-refractivity contribution < 1.29 is 27.9 Å². The van der Waals surface area contributed by atoms with Crippen molar-refractivity contribution in [3.63, 3.8) is 0 Å². The molecule has 0 atom stereocenters. The maximum absolute atomic E-state index is 13.0. The van der Waals surface area contributed by atoms with Gasteiger partial charge in [-0.05, 0) is 24.3 Å². The minimum atomic E-state index is -1.08. The summed E-state index contributed by atoms with van der Waals surface area (Å²) in [6.45, 7) is -0.754. The first-order valence-electron chi connectivity index (χ1n) is 6.48. The summed E-state index contributed by atoms with van der Waals surface area (Å²) in [5.41, 5.74) is -0.107. The van der Waals surface area contributed by atoms with Gasteiger partial charge < -0.3 is 4.74 Å². The Kier molecular flexibility index (Phi) is 5.14. The van der Waals surface area contributed by atoms with Crippen molar-refractivity contribution >= 4 is 17.8 Å². The highest BCUT2D eigenvalue weighted by molar-refractivity contribution is 6.05. The number of hydrogen-bond donors (Lipinski definition) is 1. The monoisotopic (exact) mass is 319 g/mol. The number of benzene rings is 2. The van der Waals surface area contributed by atoms with Gasteiger partial charge in [0.25, 0.3) is 11.8 Å². The van der Waals surface area contributed by atoms with Gasteiger partial charge in [-0.3, -0.25) is 14.9 Å². The molecule has 0 unspecified atom stereocenters. The first kappa shape index (κ1) is 16.3. The van der Waals surface area contributed by atoms with E-state index in [-0.39, 0.29) is 11.1 Å². The summed E-state index contributed by atoms with van der Waals surface area (Å²) in [5.74, 6) is -4.47. The normalized spacial score (nSPS) is 10.0. The molecule has 0 saturated heterocycles. The van der Waals surface area contributed by atoms with Gasteiger partial charge in [0.15, 0.2) is 6.61 Å². The van der Waals surface area contributed by atoms with Gasteiger partial charge >= 0.3 is 5.97 Å². The fraction of sp³-hybridized carbons (Fsp3) is 0.0625. The van der Waals surface area contributed by atoms with Crippen molar-refractivity contribution in [3.05, 3.63) is 71.3 Å². The number of carbonyl (C=O) groups is 3. The lowest BCUT2D eigenvalue weighted by Gasteiger charge is -2.06. The van der Waals surface area contributed by atoms with Gasteiger partial charge in [0.2, 0.25) is 0 Å². The Balaban J connectivity index is 1.89. The molecular weight excluding hydrogens is 308 g/mol. The molecule has 118 valence electrons. The van der Waals surface area contributed by atoms with Crippen molar-refractivity contribution in [1.29, 1.82) is 0 Å². The van der Waals surface area contributed by atoms with Crippen LogP contribution in [0.15, 0.2) is 48.5 Å². The summed E-state index contributed by atoms with van der Waals surface area (Å²) < 4.78 is 30.6. The molecule has 0 aliphatic carbocycles. The minimum Gasteiger partial charge on any atom is -0.452 e. The highest BCUT2D eigenvalue weighted by Gasteiger charge is 2.15. The number of halogens is 2. The number of imide groups is 1. The van der Waals surface area contributed by atoms with E-state index in [2.05, 4.69) is 4.74 Å². The molecule has 0 aromatic heterocycles. The fourth-order valence-corrected chi connectivity index (χ4v) is 1.71. The molecule has 0 bridgehead atoms. The van der Waals surface area contributed by atoms with Crippen molar-refractivity contribution in [2.45, 2.75) is 0 Å². The van der Waals surface area contributed by atoms with Crippen molar-refractivity contribution in [2.24, 2.45) is 0 Å². The van der Waals surface area contributed by atoms with E-state index >= 15 is 0 Å². The molecule has 0 heterocycles. The van der Waals surface area contributed by atoms with Crippen molar-refractivity contribution in [1.82, 2.24) is 5.32 Å². The largest absolute Gasteiger partial charge is 0.452 e. The zero-order valence-corrected chi connectivity index (χ0v) is 11.7. The summed E-state index contributed by atoms with van der Waals surface area (Å²) in [7, 11) is 0. The molecule has 0 saturated carbocycles. The smallest absolute Gasteiger partial charge is 0.338 e. The van der Waals surface area contributed by atoms with Crippen LogP contribution in [0.5, 0.6) is 0 Å². The molecular formula is C16H11F2NO4. The molecule has 0 aliphatic rings. The molecule has 1 N–H and O–H groups in total. The Bertz CT molecular complexity index is 727. The van der Waals surface area contributed by atoms with Crippen LogP contribution in [0.2, 0.25) is 0 Å². The Hall–Kier alpha value is -3.09. The van der Waals surface area contributed by atoms with Gasteiger partial charge in [0.1, 0.15) is 11.6 Å². The zero-order chi connectivity index (χ0) is 16.8. The molecule has 2 rings (SSSR count). The van der Waals surface area contributed by atoms with Crippen LogP contribution in [0, 0.1) is 11.6 Å². The Morgan fingerprint density at radius 1 is 0.913 bits per heavy atom. The number of amides is 2. The molecule has 0 radical (unpaired) electrons. The highest BCUT2D eigenvalue weighted by Crippen LogP contribution is 2.09. The number of nitrogens with one attached hydrogen (secondary N) is 1. The average molecular weight is 319 g/mol. The van der Waals surface area contributed by atoms with Gasteiger partial charge in [0.05, 0.1) is 5.56 Å². The predicted octanol–water partition coefficient (Wildman–Crippen LogP) is 2.08. The third-order valence-corrected chi connectivity index (χ3v) is 2.72. The van der Waals surface area contributed by atoms with Crippen LogP contribution in [0.1, 0.15) is 20.7 Å². The van der Waals surface area contributed by atoms with Crippen LogP contribution in [-0.4, -0.2) is 24.4 Å². The molecule has 0 aliphatic heterocycles. The van der Waals surface area contributed by atoms with Crippen LogP contribution in [0.3, 0.4) is 0 Å². The molecule has 23 heavy (non-hydrogen) atoms. The summed E-state index contributed by atoms with van der Waals surface area (Å²) in [4.78, 5) is 34.8. The van der Waals surface area contributed by atoms with E-state index in [1.165, 1.54) is 12.1 Å². The van der Waals surface area contributed by atoms with E-state index in [1.54, 1.807) is 18.2 Å². The Morgan fingerprint density at radius 3 is 2.13 bits per heavy atom. The number of esters is 1. The Labute approximate surface area is 129 Å². The third kappa shape index (κ3) is 4.70. The van der Waals surface area contributed by atoms with E-state index in [1.807, 2.05) is 5.32 Å². The molecule has 0 spiro atoms. The summed E-state index contributed by atoms with van der Waals surface area (Å²) in [6.07, 6.45) is 0. The lowest BCUT2D eigenvalue weighted by Crippen LogP contribution is -2.34. The number of hydrogen-bond acceptors (Lipinski definition) is 4. The van der Waals surface area contributed by atoms with Crippen LogP contribution in [-0.2, 0) is 9.53 Å². The van der Waals surface area contributed by atoms with E-state index in [9.17, 15) is 23.2 Å². The van der Waals surface area contributed by atoms with Gasteiger partial charge in [-0.2, -0.15) is 0 Å². The molecule has 0 fully saturated rings. The fourth-order valence-electron chi connectivity index (χ4n) is 1.71. The maximum atomic E-state index is 13.0. The van der Waals surface area contributed by atoms with Crippen LogP contribution in [0.4, 0.5) is 8.78 Å². The minimum absolute atomic E-state index is 0.263. The van der Waals surface area contributed by atoms with E-state index in [0.29, 0.717) is 6.07 Å². The molecule has 7 heteroatoms. The summed E-state index contributed by atoms with van der Waals surface area (Å²) in [6, 6.07) is 10.1. The predicted molar refractivity (Wildman–Crippen MR) is 75.6 cm³/mol. The highest BCUT2D eigenvalue weighted by atomic mass is 19.1. The SMILES string of the molecule is O=C(COC(=O)c1cc(F)cc(F)c1)NC(=O)c1ccccc1. The van der Waals surface area contributed by atoms with Gasteiger partial charge in [-0.25, -0.2) is 13.6 Å². The second-order valence-electron chi connectivity index (χ2n) is 4.48. The van der Waals surface area contributed by atoms with Crippen molar-refractivity contribution in [3.8, 4) is 0 Å².